The van der Waals surface area contributed by atoms with Gasteiger partial charge in [0.1, 0.15) is 6.54 Å². The lowest BCUT2D eigenvalue weighted by Crippen LogP contribution is -2.39. The maximum Gasteiger partial charge on any atom is 0.406 e. The largest absolute Gasteiger partial charge is 0.406 e. The molecule has 1 aliphatic rings. The van der Waals surface area contributed by atoms with Crippen LogP contribution in [-0.4, -0.2) is 30.1 Å². The molecule has 0 fully saturated rings. The summed E-state index contributed by atoms with van der Waals surface area (Å²) in [7, 11) is 0. The zero-order valence-corrected chi connectivity index (χ0v) is 9.26. The number of alkyl halides is 3. The Kier molecular flexibility index (Phi) is 4.38. The molecule has 0 aromatic rings. The van der Waals surface area contributed by atoms with Crippen LogP contribution in [0.1, 0.15) is 26.2 Å². The standard InChI is InChI=1S/C11H16F3NO/c1-2-15(8-11(12,13)14)10(16)7-9-5-3-4-6-9/h3,5,9H,2,4,6-8H2,1H3/t9-/m0/s1. The third kappa shape index (κ3) is 4.24. The highest BCUT2D eigenvalue weighted by molar-refractivity contribution is 5.76. The second kappa shape index (κ2) is 5.37. The van der Waals surface area contributed by atoms with Gasteiger partial charge in [0, 0.05) is 13.0 Å². The van der Waals surface area contributed by atoms with Crippen molar-refractivity contribution in [2.24, 2.45) is 5.92 Å². The molecular weight excluding hydrogens is 219 g/mol. The van der Waals surface area contributed by atoms with Gasteiger partial charge in [0.15, 0.2) is 0 Å². The lowest BCUT2D eigenvalue weighted by Gasteiger charge is -2.23. The molecule has 0 heterocycles. The van der Waals surface area contributed by atoms with E-state index in [1.165, 1.54) is 0 Å². The van der Waals surface area contributed by atoms with E-state index in [9.17, 15) is 18.0 Å². The zero-order chi connectivity index (χ0) is 12.2. The lowest BCUT2D eigenvalue weighted by atomic mass is 10.0. The molecule has 0 bridgehead atoms. The molecule has 5 heteroatoms. The summed E-state index contributed by atoms with van der Waals surface area (Å²) in [6.45, 7) is 0.529. The summed E-state index contributed by atoms with van der Waals surface area (Å²) >= 11 is 0. The number of nitrogens with zero attached hydrogens (tertiary/aromatic N) is 1. The van der Waals surface area contributed by atoms with Crippen LogP contribution in [0.2, 0.25) is 0 Å². The first-order chi connectivity index (χ1) is 7.42. The van der Waals surface area contributed by atoms with Crippen molar-refractivity contribution < 1.29 is 18.0 Å². The number of halogens is 3. The maximum atomic E-state index is 12.2. The molecule has 0 saturated carbocycles. The molecule has 92 valence electrons. The first-order valence-corrected chi connectivity index (χ1v) is 5.43. The molecule has 0 aliphatic heterocycles. The minimum absolute atomic E-state index is 0.106. The molecule has 0 aromatic carbocycles. The Morgan fingerprint density at radius 2 is 2.19 bits per heavy atom. The van der Waals surface area contributed by atoms with Crippen LogP contribution < -0.4 is 0 Å². The van der Waals surface area contributed by atoms with E-state index in [-0.39, 0.29) is 18.9 Å². The molecule has 0 spiro atoms. The Morgan fingerprint density at radius 1 is 1.50 bits per heavy atom. The summed E-state index contributed by atoms with van der Waals surface area (Å²) in [6, 6.07) is 0. The Labute approximate surface area is 93.1 Å². The minimum atomic E-state index is -4.31. The summed E-state index contributed by atoms with van der Waals surface area (Å²) in [5.41, 5.74) is 0. The normalized spacial score (nSPS) is 20.1. The van der Waals surface area contributed by atoms with Crippen LogP contribution in [-0.2, 0) is 4.79 Å². The first-order valence-electron chi connectivity index (χ1n) is 5.43. The molecule has 2 nitrogen and oxygen atoms in total. The summed E-state index contributed by atoms with van der Waals surface area (Å²) in [6.07, 6.45) is 1.56. The average Bonchev–Trinajstić information content (AvgIpc) is 2.65. The molecule has 0 saturated heterocycles. The van der Waals surface area contributed by atoms with Crippen LogP contribution in [0.15, 0.2) is 12.2 Å². The topological polar surface area (TPSA) is 20.3 Å². The van der Waals surface area contributed by atoms with Crippen LogP contribution in [0.4, 0.5) is 13.2 Å². The van der Waals surface area contributed by atoms with Crippen molar-refractivity contribution in [1.29, 1.82) is 0 Å². The number of amides is 1. The van der Waals surface area contributed by atoms with E-state index >= 15 is 0 Å². The van der Waals surface area contributed by atoms with E-state index in [4.69, 9.17) is 0 Å². The van der Waals surface area contributed by atoms with Gasteiger partial charge in [0.2, 0.25) is 5.91 Å². The van der Waals surface area contributed by atoms with E-state index in [1.54, 1.807) is 6.92 Å². The fourth-order valence-corrected chi connectivity index (χ4v) is 1.81. The number of hydrogen-bond donors (Lipinski definition) is 0. The summed E-state index contributed by atoms with van der Waals surface area (Å²) in [5, 5.41) is 0. The molecule has 0 radical (unpaired) electrons. The van der Waals surface area contributed by atoms with Gasteiger partial charge in [-0.15, -0.1) is 0 Å². The second-order valence-corrected chi connectivity index (χ2v) is 3.99. The van der Waals surface area contributed by atoms with Gasteiger partial charge in [-0.2, -0.15) is 13.2 Å². The monoisotopic (exact) mass is 235 g/mol. The zero-order valence-electron chi connectivity index (χ0n) is 9.26. The molecule has 1 rings (SSSR count). The van der Waals surface area contributed by atoms with E-state index in [2.05, 4.69) is 0 Å². The molecule has 0 N–H and O–H groups in total. The molecule has 1 amide bonds. The highest BCUT2D eigenvalue weighted by atomic mass is 19.4. The van der Waals surface area contributed by atoms with Crippen molar-refractivity contribution in [2.75, 3.05) is 13.1 Å². The van der Waals surface area contributed by atoms with Gasteiger partial charge in [-0.1, -0.05) is 12.2 Å². The number of rotatable bonds is 4. The average molecular weight is 235 g/mol. The summed E-state index contributed by atoms with van der Waals surface area (Å²) in [5.74, 6) is -0.286. The van der Waals surface area contributed by atoms with E-state index < -0.39 is 18.6 Å². The quantitative estimate of drug-likeness (QED) is 0.686. The predicted octanol–water partition coefficient (Wildman–Crippen LogP) is 2.75. The van der Waals surface area contributed by atoms with Crippen LogP contribution in [0.5, 0.6) is 0 Å². The van der Waals surface area contributed by atoms with Crippen molar-refractivity contribution >= 4 is 5.91 Å². The van der Waals surface area contributed by atoms with Gasteiger partial charge >= 0.3 is 6.18 Å². The van der Waals surface area contributed by atoms with Crippen molar-refractivity contribution in [1.82, 2.24) is 4.90 Å². The van der Waals surface area contributed by atoms with Crippen molar-refractivity contribution in [3.05, 3.63) is 12.2 Å². The Hall–Kier alpha value is -1.00. The fourth-order valence-electron chi connectivity index (χ4n) is 1.81. The molecular formula is C11H16F3NO. The van der Waals surface area contributed by atoms with Gasteiger partial charge in [-0.25, -0.2) is 0 Å². The van der Waals surface area contributed by atoms with Crippen molar-refractivity contribution in [3.63, 3.8) is 0 Å². The third-order valence-electron chi connectivity index (χ3n) is 2.65. The molecule has 1 aliphatic carbocycles. The molecule has 0 unspecified atom stereocenters. The van der Waals surface area contributed by atoms with Crippen LogP contribution in [0.3, 0.4) is 0 Å². The number of allylic oxidation sites excluding steroid dienone is 2. The van der Waals surface area contributed by atoms with Crippen molar-refractivity contribution in [2.45, 2.75) is 32.4 Å². The Balaban J connectivity index is 2.45. The summed E-state index contributed by atoms with van der Waals surface area (Å²) in [4.78, 5) is 12.5. The SMILES string of the molecule is CCN(CC(F)(F)F)C(=O)C[C@H]1C=CCC1. The first kappa shape index (κ1) is 13.1. The molecule has 16 heavy (non-hydrogen) atoms. The van der Waals surface area contributed by atoms with Gasteiger partial charge in [0.05, 0.1) is 0 Å². The predicted molar refractivity (Wildman–Crippen MR) is 54.8 cm³/mol. The van der Waals surface area contributed by atoms with E-state index in [0.29, 0.717) is 0 Å². The van der Waals surface area contributed by atoms with Crippen LogP contribution in [0, 0.1) is 5.92 Å². The Morgan fingerprint density at radius 3 is 2.62 bits per heavy atom. The Bertz CT molecular complexity index is 273. The third-order valence-corrected chi connectivity index (χ3v) is 2.65. The summed E-state index contributed by atoms with van der Waals surface area (Å²) < 4.78 is 36.5. The van der Waals surface area contributed by atoms with Gasteiger partial charge in [-0.05, 0) is 25.7 Å². The smallest absolute Gasteiger partial charge is 0.334 e. The number of carbonyl (C=O) groups is 1. The van der Waals surface area contributed by atoms with E-state index in [1.807, 2.05) is 12.2 Å². The second-order valence-electron chi connectivity index (χ2n) is 3.99. The van der Waals surface area contributed by atoms with Gasteiger partial charge < -0.3 is 4.90 Å². The fraction of sp³-hybridized carbons (Fsp3) is 0.727. The van der Waals surface area contributed by atoms with Crippen LogP contribution >= 0.6 is 0 Å². The lowest BCUT2D eigenvalue weighted by molar-refractivity contribution is -0.161. The molecule has 1 atom stereocenters. The maximum absolute atomic E-state index is 12.2. The highest BCUT2D eigenvalue weighted by Crippen LogP contribution is 2.23. The van der Waals surface area contributed by atoms with E-state index in [0.717, 1.165) is 17.7 Å². The van der Waals surface area contributed by atoms with Gasteiger partial charge in [-0.3, -0.25) is 4.79 Å². The minimum Gasteiger partial charge on any atom is -0.334 e. The van der Waals surface area contributed by atoms with Gasteiger partial charge in [0.25, 0.3) is 0 Å². The molecule has 0 aromatic heterocycles. The number of hydrogen-bond acceptors (Lipinski definition) is 1. The number of carbonyl (C=O) groups excluding carboxylic acids is 1. The van der Waals surface area contributed by atoms with Crippen LogP contribution in [0.25, 0.3) is 0 Å². The highest BCUT2D eigenvalue weighted by Gasteiger charge is 2.32. The van der Waals surface area contributed by atoms with Crippen molar-refractivity contribution in [3.8, 4) is 0 Å².